The molecule has 1 aliphatic rings. The van der Waals surface area contributed by atoms with Gasteiger partial charge in [0, 0.05) is 6.54 Å². The third kappa shape index (κ3) is 2.26. The number of fused-ring (bicyclic) bond motifs is 1. The third-order valence-electron chi connectivity index (χ3n) is 2.89. The van der Waals surface area contributed by atoms with Gasteiger partial charge in [-0.3, -0.25) is 9.10 Å². The van der Waals surface area contributed by atoms with Crippen LogP contribution in [0.1, 0.15) is 12.0 Å². The summed E-state index contributed by atoms with van der Waals surface area (Å²) in [4.78, 5) is 10.5. The number of anilines is 2. The van der Waals surface area contributed by atoms with Gasteiger partial charge in [0.1, 0.15) is 0 Å². The number of hydrogen-bond acceptors (Lipinski definition) is 4. The zero-order chi connectivity index (χ0) is 13.3. The highest BCUT2D eigenvalue weighted by Crippen LogP contribution is 2.35. The van der Waals surface area contributed by atoms with Crippen molar-refractivity contribution in [3.8, 4) is 0 Å². The molecule has 1 aliphatic heterocycles. The van der Waals surface area contributed by atoms with E-state index in [0.717, 1.165) is 5.56 Å². The summed E-state index contributed by atoms with van der Waals surface area (Å²) in [6.07, 6.45) is 0.202. The predicted molar refractivity (Wildman–Crippen MR) is 67.9 cm³/mol. The first-order valence-corrected chi connectivity index (χ1v) is 7.12. The molecule has 18 heavy (non-hydrogen) atoms. The number of carboxylic acids is 1. The Kier molecular flexibility index (Phi) is 3.16. The smallest absolute Gasteiger partial charge is 0.304 e. The number of benzene rings is 1. The average molecular weight is 270 g/mol. The zero-order valence-corrected chi connectivity index (χ0v) is 10.5. The van der Waals surface area contributed by atoms with E-state index in [2.05, 4.69) is 0 Å². The fourth-order valence-electron chi connectivity index (χ4n) is 2.06. The molecule has 0 fully saturated rings. The molecule has 0 saturated heterocycles. The van der Waals surface area contributed by atoms with Crippen LogP contribution in [0, 0.1) is 0 Å². The van der Waals surface area contributed by atoms with E-state index in [-0.39, 0.29) is 0 Å². The average Bonchev–Trinajstić information content (AvgIpc) is 2.72. The fraction of sp³-hybridized carbons (Fsp3) is 0.364. The molecule has 0 amide bonds. The molecule has 2 rings (SSSR count). The number of para-hydroxylation sites is 1. The number of aliphatic carboxylic acids is 1. The lowest BCUT2D eigenvalue weighted by Crippen LogP contribution is -2.32. The molecular formula is C11H14N2O4S. The molecule has 1 aromatic rings. The van der Waals surface area contributed by atoms with Gasteiger partial charge >= 0.3 is 5.97 Å². The van der Waals surface area contributed by atoms with Crippen LogP contribution in [0.25, 0.3) is 0 Å². The first-order valence-electron chi connectivity index (χ1n) is 5.51. The van der Waals surface area contributed by atoms with Gasteiger partial charge in [0.25, 0.3) is 0 Å². The maximum atomic E-state index is 12.1. The number of carbonyl (C=O) groups is 1. The fourth-order valence-corrected chi connectivity index (χ4v) is 3.58. The van der Waals surface area contributed by atoms with Gasteiger partial charge < -0.3 is 10.8 Å². The Labute approximate surface area is 105 Å². The lowest BCUT2D eigenvalue weighted by Gasteiger charge is -2.20. The maximum Gasteiger partial charge on any atom is 0.304 e. The van der Waals surface area contributed by atoms with E-state index in [1.165, 1.54) is 4.31 Å². The van der Waals surface area contributed by atoms with Crippen molar-refractivity contribution in [2.45, 2.75) is 12.8 Å². The Hall–Kier alpha value is -1.76. The van der Waals surface area contributed by atoms with Crippen molar-refractivity contribution in [3.63, 3.8) is 0 Å². The van der Waals surface area contributed by atoms with Crippen molar-refractivity contribution in [1.82, 2.24) is 0 Å². The zero-order valence-electron chi connectivity index (χ0n) is 9.67. The Morgan fingerprint density at radius 2 is 2.17 bits per heavy atom. The highest BCUT2D eigenvalue weighted by molar-refractivity contribution is 7.92. The summed E-state index contributed by atoms with van der Waals surface area (Å²) in [5, 5.41) is 8.56. The van der Waals surface area contributed by atoms with Crippen LogP contribution < -0.4 is 10.0 Å². The summed E-state index contributed by atoms with van der Waals surface area (Å²) in [6.45, 7) is 0.325. The number of nitrogen functional groups attached to an aromatic ring is 1. The van der Waals surface area contributed by atoms with Gasteiger partial charge in [0.05, 0.1) is 23.5 Å². The van der Waals surface area contributed by atoms with E-state index in [4.69, 9.17) is 10.8 Å². The number of nitrogens with zero attached hydrogens (tertiary/aromatic N) is 1. The van der Waals surface area contributed by atoms with Gasteiger partial charge in [0.15, 0.2) is 0 Å². The molecule has 0 aromatic heterocycles. The van der Waals surface area contributed by atoms with Crippen molar-refractivity contribution in [1.29, 1.82) is 0 Å². The molecule has 6 nitrogen and oxygen atoms in total. The van der Waals surface area contributed by atoms with E-state index < -0.39 is 28.2 Å². The molecule has 3 N–H and O–H groups in total. The lowest BCUT2D eigenvalue weighted by molar-refractivity contribution is -0.136. The molecule has 0 radical (unpaired) electrons. The van der Waals surface area contributed by atoms with Gasteiger partial charge in [-0.05, 0) is 18.1 Å². The quantitative estimate of drug-likeness (QED) is 0.773. The summed E-state index contributed by atoms with van der Waals surface area (Å²) < 4.78 is 25.3. The molecule has 1 heterocycles. The standard InChI is InChI=1S/C11H14N2O4S/c12-9-3-1-2-8-4-6-13(11(8)9)18(16,17)7-5-10(14)15/h1-3H,4-7,12H2,(H,14,15). The van der Waals surface area contributed by atoms with Crippen molar-refractivity contribution in [3.05, 3.63) is 23.8 Å². The first kappa shape index (κ1) is 12.7. The Bertz CT molecular complexity index is 583. The van der Waals surface area contributed by atoms with Crippen LogP contribution in [0.4, 0.5) is 11.4 Å². The van der Waals surface area contributed by atoms with Gasteiger partial charge in [-0.25, -0.2) is 8.42 Å². The molecule has 0 saturated carbocycles. The van der Waals surface area contributed by atoms with Crippen LogP contribution in [0.15, 0.2) is 18.2 Å². The predicted octanol–water partition coefficient (Wildman–Crippen LogP) is 0.436. The molecule has 0 atom stereocenters. The summed E-state index contributed by atoms with van der Waals surface area (Å²) in [5.41, 5.74) is 7.58. The van der Waals surface area contributed by atoms with E-state index in [0.29, 0.717) is 24.3 Å². The second-order valence-electron chi connectivity index (χ2n) is 4.14. The topological polar surface area (TPSA) is 101 Å². The summed E-state index contributed by atoms with van der Waals surface area (Å²) in [7, 11) is -3.62. The van der Waals surface area contributed by atoms with Crippen LogP contribution in [-0.2, 0) is 21.2 Å². The second kappa shape index (κ2) is 4.49. The van der Waals surface area contributed by atoms with Crippen LogP contribution in [0.3, 0.4) is 0 Å². The minimum Gasteiger partial charge on any atom is -0.481 e. The monoisotopic (exact) mass is 270 g/mol. The number of nitrogens with two attached hydrogens (primary N) is 1. The van der Waals surface area contributed by atoms with E-state index in [1.807, 2.05) is 6.07 Å². The van der Waals surface area contributed by atoms with E-state index in [1.54, 1.807) is 12.1 Å². The largest absolute Gasteiger partial charge is 0.481 e. The van der Waals surface area contributed by atoms with Gasteiger partial charge in [0.2, 0.25) is 10.0 Å². The number of hydrogen-bond donors (Lipinski definition) is 2. The highest BCUT2D eigenvalue weighted by atomic mass is 32.2. The van der Waals surface area contributed by atoms with Crippen molar-refractivity contribution >= 4 is 27.4 Å². The van der Waals surface area contributed by atoms with Crippen molar-refractivity contribution in [2.24, 2.45) is 0 Å². The highest BCUT2D eigenvalue weighted by Gasteiger charge is 2.31. The molecule has 0 aliphatic carbocycles. The molecule has 0 unspecified atom stereocenters. The number of rotatable bonds is 4. The van der Waals surface area contributed by atoms with Crippen molar-refractivity contribution < 1.29 is 18.3 Å². The third-order valence-corrected chi connectivity index (χ3v) is 4.65. The normalized spacial score (nSPS) is 14.6. The van der Waals surface area contributed by atoms with Crippen molar-refractivity contribution in [2.75, 3.05) is 22.3 Å². The maximum absolute atomic E-state index is 12.1. The Morgan fingerprint density at radius 3 is 2.83 bits per heavy atom. The number of sulfonamides is 1. The van der Waals surface area contributed by atoms with Gasteiger partial charge in [-0.1, -0.05) is 12.1 Å². The number of carboxylic acid groups (broad SMARTS) is 1. The van der Waals surface area contributed by atoms with Gasteiger partial charge in [-0.15, -0.1) is 0 Å². The lowest BCUT2D eigenvalue weighted by atomic mass is 10.1. The second-order valence-corrected chi connectivity index (χ2v) is 6.15. The summed E-state index contributed by atoms with van der Waals surface area (Å²) in [5.74, 6) is -1.53. The molecular weight excluding hydrogens is 256 g/mol. The van der Waals surface area contributed by atoms with Crippen LogP contribution in [-0.4, -0.2) is 31.8 Å². The Morgan fingerprint density at radius 1 is 1.44 bits per heavy atom. The van der Waals surface area contributed by atoms with Crippen LogP contribution >= 0.6 is 0 Å². The van der Waals surface area contributed by atoms with Crippen LogP contribution in [0.5, 0.6) is 0 Å². The molecule has 7 heteroatoms. The summed E-state index contributed by atoms with van der Waals surface area (Å²) >= 11 is 0. The van der Waals surface area contributed by atoms with Crippen LogP contribution in [0.2, 0.25) is 0 Å². The van der Waals surface area contributed by atoms with E-state index >= 15 is 0 Å². The molecule has 1 aromatic carbocycles. The minimum absolute atomic E-state index is 0.325. The Balaban J connectivity index is 2.31. The SMILES string of the molecule is Nc1cccc2c1N(S(=O)(=O)CCC(=O)O)CC2. The molecule has 98 valence electrons. The summed E-state index contributed by atoms with van der Waals surface area (Å²) in [6, 6.07) is 5.25. The van der Waals surface area contributed by atoms with E-state index in [9.17, 15) is 13.2 Å². The van der Waals surface area contributed by atoms with Gasteiger partial charge in [-0.2, -0.15) is 0 Å². The first-order chi connectivity index (χ1) is 8.42. The molecule has 0 spiro atoms. The molecule has 0 bridgehead atoms. The minimum atomic E-state index is -3.62.